The summed E-state index contributed by atoms with van der Waals surface area (Å²) in [6.07, 6.45) is 2.66. The minimum atomic E-state index is 0.770. The molecule has 1 aliphatic rings. The van der Waals surface area contributed by atoms with Crippen molar-refractivity contribution in [2.45, 2.75) is 12.8 Å². The summed E-state index contributed by atoms with van der Waals surface area (Å²) in [5.74, 6) is 0.770. The van der Waals surface area contributed by atoms with E-state index in [0.717, 1.165) is 10.4 Å². The zero-order valence-corrected chi connectivity index (χ0v) is 8.47. The molecule has 0 aromatic heterocycles. The highest BCUT2D eigenvalue weighted by Crippen LogP contribution is 2.40. The van der Waals surface area contributed by atoms with Crippen LogP contribution in [0.5, 0.6) is 0 Å². The van der Waals surface area contributed by atoms with Gasteiger partial charge < -0.3 is 0 Å². The monoisotopic (exact) mass is 222 g/mol. The van der Waals surface area contributed by atoms with Gasteiger partial charge in [0.05, 0.1) is 0 Å². The molecule has 62 valence electrons. The second kappa shape index (κ2) is 3.06. The van der Waals surface area contributed by atoms with Gasteiger partial charge >= 0.3 is 0 Å². The predicted octanol–water partition coefficient (Wildman–Crippen LogP) is 3.87. The summed E-state index contributed by atoms with van der Waals surface area (Å²) in [4.78, 5) is 0. The number of allylic oxidation sites excluding steroid dienone is 1. The van der Waals surface area contributed by atoms with E-state index in [1.165, 1.54) is 24.0 Å². The normalized spacial score (nSPS) is 16.1. The van der Waals surface area contributed by atoms with E-state index in [1.54, 1.807) is 0 Å². The van der Waals surface area contributed by atoms with Gasteiger partial charge in [-0.3, -0.25) is 0 Å². The summed E-state index contributed by atoms with van der Waals surface area (Å²) in [6.45, 7) is 4.10. The quantitative estimate of drug-likeness (QED) is 0.713. The summed E-state index contributed by atoms with van der Waals surface area (Å²) in [5.41, 5.74) is 2.60. The van der Waals surface area contributed by atoms with Gasteiger partial charge in [-0.15, -0.1) is 0 Å². The standard InChI is InChI=1S/C11H11Br/c1-8(9-2-3-9)10-4-6-11(12)7-5-10/h4-7,9H,1-3H2. The van der Waals surface area contributed by atoms with Gasteiger partial charge in [0, 0.05) is 4.47 Å². The van der Waals surface area contributed by atoms with Crippen molar-refractivity contribution in [3.05, 3.63) is 40.9 Å². The van der Waals surface area contributed by atoms with E-state index in [2.05, 4.69) is 46.8 Å². The smallest absolute Gasteiger partial charge is 0.0175 e. The van der Waals surface area contributed by atoms with Gasteiger partial charge in [0.15, 0.2) is 0 Å². The Morgan fingerprint density at radius 1 is 1.25 bits per heavy atom. The molecule has 2 rings (SSSR count). The molecule has 1 heteroatoms. The predicted molar refractivity (Wildman–Crippen MR) is 55.9 cm³/mol. The Labute approximate surface area is 81.4 Å². The van der Waals surface area contributed by atoms with Crippen molar-refractivity contribution in [3.8, 4) is 0 Å². The van der Waals surface area contributed by atoms with Gasteiger partial charge in [-0.25, -0.2) is 0 Å². The molecule has 0 saturated heterocycles. The van der Waals surface area contributed by atoms with Crippen LogP contribution >= 0.6 is 15.9 Å². The number of hydrogen-bond acceptors (Lipinski definition) is 0. The molecule has 0 spiro atoms. The molecular weight excluding hydrogens is 212 g/mol. The van der Waals surface area contributed by atoms with Crippen molar-refractivity contribution >= 4 is 21.5 Å². The van der Waals surface area contributed by atoms with Crippen LogP contribution in [0, 0.1) is 5.92 Å². The van der Waals surface area contributed by atoms with Crippen molar-refractivity contribution in [1.82, 2.24) is 0 Å². The van der Waals surface area contributed by atoms with E-state index in [4.69, 9.17) is 0 Å². The Hall–Kier alpha value is -0.560. The van der Waals surface area contributed by atoms with Gasteiger partial charge in [0.2, 0.25) is 0 Å². The molecule has 1 aromatic rings. The molecule has 0 radical (unpaired) electrons. The third-order valence-electron chi connectivity index (χ3n) is 2.29. The van der Waals surface area contributed by atoms with Crippen LogP contribution in [-0.4, -0.2) is 0 Å². The van der Waals surface area contributed by atoms with Crippen molar-refractivity contribution in [2.24, 2.45) is 5.92 Å². The molecule has 0 unspecified atom stereocenters. The maximum atomic E-state index is 4.10. The van der Waals surface area contributed by atoms with Gasteiger partial charge in [0.25, 0.3) is 0 Å². The minimum Gasteiger partial charge on any atom is -0.0950 e. The molecule has 1 fully saturated rings. The maximum absolute atomic E-state index is 4.10. The summed E-state index contributed by atoms with van der Waals surface area (Å²) >= 11 is 3.42. The molecule has 0 aliphatic heterocycles. The Bertz CT molecular complexity index is 293. The molecule has 0 nitrogen and oxygen atoms in total. The summed E-state index contributed by atoms with van der Waals surface area (Å²) in [6, 6.07) is 8.40. The van der Waals surface area contributed by atoms with E-state index in [0.29, 0.717) is 0 Å². The first-order valence-electron chi connectivity index (χ1n) is 4.22. The van der Waals surface area contributed by atoms with Crippen LogP contribution < -0.4 is 0 Å². The number of halogens is 1. The first-order valence-corrected chi connectivity index (χ1v) is 5.01. The first-order chi connectivity index (χ1) is 5.77. The number of rotatable bonds is 2. The van der Waals surface area contributed by atoms with E-state index < -0.39 is 0 Å². The average molecular weight is 223 g/mol. The lowest BCUT2D eigenvalue weighted by Gasteiger charge is -2.02. The Morgan fingerprint density at radius 3 is 2.33 bits per heavy atom. The van der Waals surface area contributed by atoms with Crippen LogP contribution in [0.3, 0.4) is 0 Å². The highest BCUT2D eigenvalue weighted by atomic mass is 79.9. The van der Waals surface area contributed by atoms with Crippen molar-refractivity contribution in [1.29, 1.82) is 0 Å². The average Bonchev–Trinajstić information content (AvgIpc) is 2.87. The van der Waals surface area contributed by atoms with E-state index in [1.807, 2.05) is 0 Å². The third-order valence-corrected chi connectivity index (χ3v) is 2.81. The van der Waals surface area contributed by atoms with Crippen molar-refractivity contribution in [3.63, 3.8) is 0 Å². The molecular formula is C11H11Br. The van der Waals surface area contributed by atoms with Gasteiger partial charge in [-0.05, 0) is 42.0 Å². The largest absolute Gasteiger partial charge is 0.0950 e. The van der Waals surface area contributed by atoms with Crippen LogP contribution in [-0.2, 0) is 0 Å². The Kier molecular flexibility index (Phi) is 2.05. The molecule has 0 N–H and O–H groups in total. The zero-order valence-electron chi connectivity index (χ0n) is 6.89. The maximum Gasteiger partial charge on any atom is 0.0175 e. The van der Waals surface area contributed by atoms with Gasteiger partial charge in [-0.1, -0.05) is 34.6 Å². The van der Waals surface area contributed by atoms with Crippen molar-refractivity contribution in [2.75, 3.05) is 0 Å². The molecule has 0 amide bonds. The molecule has 12 heavy (non-hydrogen) atoms. The van der Waals surface area contributed by atoms with E-state index in [9.17, 15) is 0 Å². The van der Waals surface area contributed by atoms with Crippen molar-refractivity contribution < 1.29 is 0 Å². The number of hydrogen-bond donors (Lipinski definition) is 0. The van der Waals surface area contributed by atoms with E-state index >= 15 is 0 Å². The summed E-state index contributed by atoms with van der Waals surface area (Å²) in [7, 11) is 0. The lowest BCUT2D eigenvalue weighted by Crippen LogP contribution is -1.83. The van der Waals surface area contributed by atoms with Gasteiger partial charge in [0.1, 0.15) is 0 Å². The van der Waals surface area contributed by atoms with Crippen LogP contribution in [0.15, 0.2) is 35.3 Å². The molecule has 1 saturated carbocycles. The fraction of sp³-hybridized carbons (Fsp3) is 0.273. The fourth-order valence-corrected chi connectivity index (χ4v) is 1.60. The topological polar surface area (TPSA) is 0 Å². The zero-order chi connectivity index (χ0) is 8.55. The molecule has 0 heterocycles. The van der Waals surface area contributed by atoms with Crippen LogP contribution in [0.4, 0.5) is 0 Å². The van der Waals surface area contributed by atoms with Crippen LogP contribution in [0.2, 0.25) is 0 Å². The SMILES string of the molecule is C=C(c1ccc(Br)cc1)C1CC1. The highest BCUT2D eigenvalue weighted by Gasteiger charge is 2.24. The second-order valence-corrected chi connectivity index (χ2v) is 4.22. The molecule has 0 bridgehead atoms. The molecule has 1 aliphatic carbocycles. The fourth-order valence-electron chi connectivity index (χ4n) is 1.33. The second-order valence-electron chi connectivity index (χ2n) is 3.31. The van der Waals surface area contributed by atoms with Crippen LogP contribution in [0.25, 0.3) is 5.57 Å². The number of benzene rings is 1. The van der Waals surface area contributed by atoms with Crippen LogP contribution in [0.1, 0.15) is 18.4 Å². The van der Waals surface area contributed by atoms with Gasteiger partial charge in [-0.2, -0.15) is 0 Å². The Balaban J connectivity index is 2.22. The first kappa shape index (κ1) is 8.06. The lowest BCUT2D eigenvalue weighted by molar-refractivity contribution is 1.15. The summed E-state index contributed by atoms with van der Waals surface area (Å²) < 4.78 is 1.13. The summed E-state index contributed by atoms with van der Waals surface area (Å²) in [5, 5.41) is 0. The molecule has 0 atom stereocenters. The lowest BCUT2D eigenvalue weighted by atomic mass is 10.0. The third kappa shape index (κ3) is 1.61. The highest BCUT2D eigenvalue weighted by molar-refractivity contribution is 9.10. The molecule has 1 aromatic carbocycles. The minimum absolute atomic E-state index is 0.770. The Morgan fingerprint density at radius 2 is 1.83 bits per heavy atom. The van der Waals surface area contributed by atoms with E-state index in [-0.39, 0.29) is 0 Å².